The van der Waals surface area contributed by atoms with E-state index in [0.717, 1.165) is 17.7 Å². The predicted octanol–water partition coefficient (Wildman–Crippen LogP) is 3.60. The van der Waals surface area contributed by atoms with E-state index >= 15 is 0 Å². The zero-order valence-corrected chi connectivity index (χ0v) is 13.1. The van der Waals surface area contributed by atoms with Crippen molar-refractivity contribution in [1.29, 1.82) is 0 Å². The Morgan fingerprint density at radius 3 is 2.17 bits per heavy atom. The van der Waals surface area contributed by atoms with Crippen molar-refractivity contribution in [3.8, 4) is 0 Å². The number of nitrogens with zero attached hydrogens (tertiary/aromatic N) is 2. The molecule has 3 nitrogen and oxygen atoms in total. The van der Waals surface area contributed by atoms with Gasteiger partial charge in [0.25, 0.3) is 5.91 Å². The number of amides is 1. The van der Waals surface area contributed by atoms with Crippen LogP contribution in [0.25, 0.3) is 0 Å². The van der Waals surface area contributed by atoms with Crippen LogP contribution in [0, 0.1) is 11.8 Å². The molecule has 4 heteroatoms. The lowest BCUT2D eigenvalue weighted by molar-refractivity contribution is 0.0714. The van der Waals surface area contributed by atoms with E-state index in [1.165, 1.54) is 0 Å². The number of halogens is 1. The highest BCUT2D eigenvalue weighted by molar-refractivity contribution is 9.10. The number of hydrogen-bond acceptors (Lipinski definition) is 2. The normalized spacial score (nSPS) is 11.1. The molecule has 0 aliphatic carbocycles. The second-order valence-electron chi connectivity index (χ2n) is 5.37. The van der Waals surface area contributed by atoms with E-state index in [1.54, 1.807) is 12.3 Å². The second kappa shape index (κ2) is 6.88. The van der Waals surface area contributed by atoms with Crippen LogP contribution in [-0.2, 0) is 0 Å². The maximum atomic E-state index is 12.4. The first-order valence-electron chi connectivity index (χ1n) is 6.31. The first-order valence-corrected chi connectivity index (χ1v) is 7.10. The topological polar surface area (TPSA) is 33.2 Å². The molecule has 0 saturated carbocycles. The fourth-order valence-corrected chi connectivity index (χ4v) is 2.04. The Morgan fingerprint density at radius 2 is 1.78 bits per heavy atom. The molecule has 0 bridgehead atoms. The maximum Gasteiger partial charge on any atom is 0.255 e. The molecule has 0 saturated heterocycles. The molecule has 0 N–H and O–H groups in total. The van der Waals surface area contributed by atoms with Crippen molar-refractivity contribution < 1.29 is 4.79 Å². The molecule has 0 radical (unpaired) electrons. The summed E-state index contributed by atoms with van der Waals surface area (Å²) in [5.74, 6) is 1.00. The highest BCUT2D eigenvalue weighted by Gasteiger charge is 2.18. The Morgan fingerprint density at radius 1 is 1.22 bits per heavy atom. The summed E-state index contributed by atoms with van der Waals surface area (Å²) in [5.41, 5.74) is 0.652. The van der Waals surface area contributed by atoms with Crippen LogP contribution in [0.1, 0.15) is 38.1 Å². The van der Waals surface area contributed by atoms with E-state index in [9.17, 15) is 4.79 Å². The van der Waals surface area contributed by atoms with Gasteiger partial charge in [0.2, 0.25) is 0 Å². The molecule has 1 aromatic heterocycles. The van der Waals surface area contributed by atoms with Gasteiger partial charge < -0.3 is 4.90 Å². The van der Waals surface area contributed by atoms with Crippen LogP contribution in [0.2, 0.25) is 0 Å². The van der Waals surface area contributed by atoms with Crippen molar-refractivity contribution in [2.24, 2.45) is 11.8 Å². The van der Waals surface area contributed by atoms with Gasteiger partial charge in [0.1, 0.15) is 4.60 Å². The van der Waals surface area contributed by atoms with Gasteiger partial charge in [-0.25, -0.2) is 4.98 Å². The Labute approximate surface area is 118 Å². The molecule has 0 atom stereocenters. The monoisotopic (exact) mass is 312 g/mol. The molecule has 0 aliphatic rings. The third-order valence-corrected chi connectivity index (χ3v) is 2.90. The molecule has 100 valence electrons. The summed E-state index contributed by atoms with van der Waals surface area (Å²) in [6.07, 6.45) is 1.63. The Bertz CT molecular complexity index is 377. The van der Waals surface area contributed by atoms with Gasteiger partial charge in [-0.05, 0) is 39.9 Å². The van der Waals surface area contributed by atoms with Crippen LogP contribution in [0.15, 0.2) is 22.9 Å². The van der Waals surface area contributed by atoms with Crippen molar-refractivity contribution >= 4 is 21.8 Å². The van der Waals surface area contributed by atoms with E-state index < -0.39 is 0 Å². The van der Waals surface area contributed by atoms with Gasteiger partial charge in [0.15, 0.2) is 0 Å². The summed E-state index contributed by atoms with van der Waals surface area (Å²) >= 11 is 3.28. The van der Waals surface area contributed by atoms with Crippen LogP contribution >= 0.6 is 15.9 Å². The van der Waals surface area contributed by atoms with Crippen LogP contribution in [0.4, 0.5) is 0 Å². The summed E-state index contributed by atoms with van der Waals surface area (Å²) < 4.78 is 0.748. The molecule has 1 heterocycles. The maximum absolute atomic E-state index is 12.4. The van der Waals surface area contributed by atoms with E-state index in [0.29, 0.717) is 17.4 Å². The molecule has 0 unspecified atom stereocenters. The van der Waals surface area contributed by atoms with Gasteiger partial charge in [-0.2, -0.15) is 0 Å². The molecular weight excluding hydrogens is 292 g/mol. The van der Waals surface area contributed by atoms with Crippen LogP contribution < -0.4 is 0 Å². The summed E-state index contributed by atoms with van der Waals surface area (Å²) in [4.78, 5) is 18.4. The number of pyridine rings is 1. The predicted molar refractivity (Wildman–Crippen MR) is 77.5 cm³/mol. The van der Waals surface area contributed by atoms with E-state index in [-0.39, 0.29) is 5.91 Å². The lowest BCUT2D eigenvalue weighted by Gasteiger charge is -2.26. The Balaban J connectivity index is 2.83. The van der Waals surface area contributed by atoms with Crippen LogP contribution in [0.5, 0.6) is 0 Å². The zero-order valence-electron chi connectivity index (χ0n) is 11.5. The highest BCUT2D eigenvalue weighted by atomic mass is 79.9. The number of carbonyl (C=O) groups excluding carboxylic acids is 1. The number of rotatable bonds is 5. The van der Waals surface area contributed by atoms with E-state index in [1.807, 2.05) is 11.0 Å². The Hall–Kier alpha value is -0.900. The largest absolute Gasteiger partial charge is 0.338 e. The quantitative estimate of drug-likeness (QED) is 0.778. The summed E-state index contributed by atoms with van der Waals surface area (Å²) in [6.45, 7) is 10.1. The first kappa shape index (κ1) is 15.2. The molecule has 1 aromatic rings. The van der Waals surface area contributed by atoms with E-state index in [4.69, 9.17) is 0 Å². The van der Waals surface area contributed by atoms with Gasteiger partial charge >= 0.3 is 0 Å². The summed E-state index contributed by atoms with van der Waals surface area (Å²) in [5, 5.41) is 0. The minimum absolute atomic E-state index is 0.0670. The van der Waals surface area contributed by atoms with Gasteiger partial charge in [0, 0.05) is 19.3 Å². The molecule has 0 aromatic carbocycles. The van der Waals surface area contributed by atoms with Crippen LogP contribution in [-0.4, -0.2) is 28.9 Å². The minimum atomic E-state index is 0.0670. The molecule has 1 amide bonds. The van der Waals surface area contributed by atoms with Crippen LogP contribution in [0.3, 0.4) is 0 Å². The van der Waals surface area contributed by atoms with Gasteiger partial charge in [-0.3, -0.25) is 4.79 Å². The molecule has 0 fully saturated rings. The van der Waals surface area contributed by atoms with Gasteiger partial charge in [0.05, 0.1) is 5.56 Å². The van der Waals surface area contributed by atoms with Gasteiger partial charge in [-0.1, -0.05) is 27.7 Å². The van der Waals surface area contributed by atoms with Crippen molar-refractivity contribution in [2.45, 2.75) is 27.7 Å². The molecule has 0 aliphatic heterocycles. The van der Waals surface area contributed by atoms with E-state index in [2.05, 4.69) is 48.6 Å². The average Bonchev–Trinajstić information content (AvgIpc) is 2.27. The van der Waals surface area contributed by atoms with Crippen molar-refractivity contribution in [3.63, 3.8) is 0 Å². The smallest absolute Gasteiger partial charge is 0.255 e. The fraction of sp³-hybridized carbons (Fsp3) is 0.571. The second-order valence-corrected chi connectivity index (χ2v) is 6.18. The SMILES string of the molecule is CC(C)CN(CC(C)C)C(=O)c1ccc(Br)nc1. The lowest BCUT2D eigenvalue weighted by atomic mass is 10.1. The fourth-order valence-electron chi connectivity index (χ4n) is 1.81. The van der Waals surface area contributed by atoms with Gasteiger partial charge in [-0.15, -0.1) is 0 Å². The molecule has 18 heavy (non-hydrogen) atoms. The minimum Gasteiger partial charge on any atom is -0.338 e. The van der Waals surface area contributed by atoms with Crippen molar-refractivity contribution in [3.05, 3.63) is 28.5 Å². The first-order chi connectivity index (χ1) is 8.40. The Kier molecular flexibility index (Phi) is 5.79. The number of hydrogen-bond donors (Lipinski definition) is 0. The molecule has 0 spiro atoms. The molecular formula is C14H21BrN2O. The summed E-state index contributed by atoms with van der Waals surface area (Å²) in [6, 6.07) is 3.61. The highest BCUT2D eigenvalue weighted by Crippen LogP contribution is 2.12. The van der Waals surface area contributed by atoms with Crippen molar-refractivity contribution in [2.75, 3.05) is 13.1 Å². The average molecular weight is 313 g/mol. The van der Waals surface area contributed by atoms with Crippen molar-refractivity contribution in [1.82, 2.24) is 9.88 Å². The third-order valence-electron chi connectivity index (χ3n) is 2.43. The third kappa shape index (κ3) is 4.77. The zero-order chi connectivity index (χ0) is 13.7. The number of carbonyl (C=O) groups is 1. The summed E-state index contributed by atoms with van der Waals surface area (Å²) in [7, 11) is 0. The number of aromatic nitrogens is 1. The standard InChI is InChI=1S/C14H21BrN2O/c1-10(2)8-17(9-11(3)4)14(18)12-5-6-13(15)16-7-12/h5-7,10-11H,8-9H2,1-4H3. The molecule has 1 rings (SSSR count). The lowest BCUT2D eigenvalue weighted by Crippen LogP contribution is -2.37.